The smallest absolute Gasteiger partial charge is 0.329 e. The van der Waals surface area contributed by atoms with Gasteiger partial charge in [0.25, 0.3) is 5.91 Å². The molecule has 0 saturated carbocycles. The standard InChI is InChI=1S/C14H15N3O4/c18-12(19)9-21-7-6-15-14(20)11-8-16-17-13(11)10-4-2-1-3-5-10/h1-5,8H,6-7,9H2,(H,15,20)(H,16,17)(H,18,19). The normalized spacial score (nSPS) is 10.3. The van der Waals surface area contributed by atoms with Gasteiger partial charge in [0, 0.05) is 12.1 Å². The van der Waals surface area contributed by atoms with Gasteiger partial charge in [-0.3, -0.25) is 9.89 Å². The number of carbonyl (C=O) groups excluding carboxylic acids is 1. The van der Waals surface area contributed by atoms with Crippen molar-refractivity contribution in [2.75, 3.05) is 19.8 Å². The molecule has 0 unspecified atom stereocenters. The van der Waals surface area contributed by atoms with Crippen LogP contribution in [0.1, 0.15) is 10.4 Å². The Labute approximate surface area is 120 Å². The molecule has 0 aliphatic rings. The summed E-state index contributed by atoms with van der Waals surface area (Å²) in [6.45, 7) is -0.0149. The number of hydrogen-bond acceptors (Lipinski definition) is 4. The summed E-state index contributed by atoms with van der Waals surface area (Å²) in [5.74, 6) is -1.33. The predicted molar refractivity (Wildman–Crippen MR) is 74.8 cm³/mol. The zero-order valence-corrected chi connectivity index (χ0v) is 11.2. The lowest BCUT2D eigenvalue weighted by molar-refractivity contribution is -0.142. The summed E-state index contributed by atoms with van der Waals surface area (Å²) in [7, 11) is 0. The topological polar surface area (TPSA) is 104 Å². The Balaban J connectivity index is 1.92. The summed E-state index contributed by atoms with van der Waals surface area (Å²) >= 11 is 0. The maximum atomic E-state index is 12.1. The van der Waals surface area contributed by atoms with Crippen molar-refractivity contribution in [2.45, 2.75) is 0 Å². The van der Waals surface area contributed by atoms with Crippen LogP contribution in [0, 0.1) is 0 Å². The number of rotatable bonds is 7. The van der Waals surface area contributed by atoms with E-state index in [0.717, 1.165) is 5.56 Å². The molecule has 3 N–H and O–H groups in total. The molecule has 7 nitrogen and oxygen atoms in total. The van der Waals surface area contributed by atoms with Crippen LogP contribution in [-0.4, -0.2) is 46.9 Å². The first kappa shape index (κ1) is 14.7. The number of aliphatic carboxylic acids is 1. The number of ether oxygens (including phenoxy) is 1. The minimum Gasteiger partial charge on any atom is -0.480 e. The second-order valence-corrected chi connectivity index (χ2v) is 4.23. The van der Waals surface area contributed by atoms with Crippen molar-refractivity contribution < 1.29 is 19.4 Å². The highest BCUT2D eigenvalue weighted by atomic mass is 16.5. The van der Waals surface area contributed by atoms with E-state index in [1.54, 1.807) is 0 Å². The van der Waals surface area contributed by atoms with E-state index in [1.165, 1.54) is 6.20 Å². The lowest BCUT2D eigenvalue weighted by Gasteiger charge is -2.06. The summed E-state index contributed by atoms with van der Waals surface area (Å²) in [6, 6.07) is 9.38. The van der Waals surface area contributed by atoms with Gasteiger partial charge < -0.3 is 15.2 Å². The number of amides is 1. The minimum absolute atomic E-state index is 0.135. The van der Waals surface area contributed by atoms with Crippen LogP contribution in [0.15, 0.2) is 36.5 Å². The Morgan fingerprint density at radius 3 is 2.76 bits per heavy atom. The van der Waals surface area contributed by atoms with E-state index in [0.29, 0.717) is 11.3 Å². The van der Waals surface area contributed by atoms with Crippen molar-refractivity contribution >= 4 is 11.9 Å². The first-order valence-electron chi connectivity index (χ1n) is 6.35. The molecule has 0 bridgehead atoms. The Morgan fingerprint density at radius 2 is 2.05 bits per heavy atom. The summed E-state index contributed by atoms with van der Waals surface area (Å²) in [4.78, 5) is 22.3. The summed E-state index contributed by atoms with van der Waals surface area (Å²) in [5, 5.41) is 17.8. The molecule has 0 aliphatic carbocycles. The third-order valence-electron chi connectivity index (χ3n) is 2.70. The van der Waals surface area contributed by atoms with Crippen LogP contribution in [0.5, 0.6) is 0 Å². The molecule has 1 aromatic heterocycles. The number of carboxylic acid groups (broad SMARTS) is 1. The van der Waals surface area contributed by atoms with Crippen LogP contribution in [0.3, 0.4) is 0 Å². The molecule has 0 atom stereocenters. The second kappa shape index (κ2) is 7.20. The molecular formula is C14H15N3O4. The van der Waals surface area contributed by atoms with Crippen molar-refractivity contribution in [1.29, 1.82) is 0 Å². The van der Waals surface area contributed by atoms with Gasteiger partial charge in [-0.15, -0.1) is 0 Å². The molecule has 0 radical (unpaired) electrons. The number of nitrogens with one attached hydrogen (secondary N) is 2. The van der Waals surface area contributed by atoms with Gasteiger partial charge in [0.05, 0.1) is 24.1 Å². The van der Waals surface area contributed by atoms with Crippen molar-refractivity contribution in [3.05, 3.63) is 42.1 Å². The van der Waals surface area contributed by atoms with Crippen LogP contribution in [-0.2, 0) is 9.53 Å². The van der Waals surface area contributed by atoms with E-state index in [1.807, 2.05) is 30.3 Å². The molecule has 2 rings (SSSR count). The maximum Gasteiger partial charge on any atom is 0.329 e. The van der Waals surface area contributed by atoms with Gasteiger partial charge in [-0.05, 0) is 0 Å². The molecule has 0 spiro atoms. The van der Waals surface area contributed by atoms with Gasteiger partial charge in [0.1, 0.15) is 6.61 Å². The van der Waals surface area contributed by atoms with Gasteiger partial charge >= 0.3 is 5.97 Å². The largest absolute Gasteiger partial charge is 0.480 e. The number of aromatic nitrogens is 2. The van der Waals surface area contributed by atoms with Gasteiger partial charge in [-0.25, -0.2) is 4.79 Å². The number of hydrogen-bond donors (Lipinski definition) is 3. The number of nitrogens with zero attached hydrogens (tertiary/aromatic N) is 1. The quantitative estimate of drug-likeness (QED) is 0.657. The molecule has 1 heterocycles. The van der Waals surface area contributed by atoms with Crippen LogP contribution in [0.25, 0.3) is 11.3 Å². The van der Waals surface area contributed by atoms with Crippen molar-refractivity contribution in [3.63, 3.8) is 0 Å². The highest BCUT2D eigenvalue weighted by molar-refractivity contribution is 5.99. The highest BCUT2D eigenvalue weighted by Gasteiger charge is 2.14. The minimum atomic E-state index is -1.04. The van der Waals surface area contributed by atoms with E-state index in [4.69, 9.17) is 9.84 Å². The fourth-order valence-electron chi connectivity index (χ4n) is 1.77. The summed E-state index contributed by atoms with van der Waals surface area (Å²) in [6.07, 6.45) is 1.45. The molecule has 7 heteroatoms. The molecule has 0 saturated heterocycles. The van der Waals surface area contributed by atoms with Gasteiger partial charge in [-0.2, -0.15) is 5.10 Å². The first-order valence-corrected chi connectivity index (χ1v) is 6.35. The Hall–Kier alpha value is -2.67. The Kier molecular flexibility index (Phi) is 5.05. The SMILES string of the molecule is O=C(O)COCCNC(=O)c1cn[nH]c1-c1ccccc1. The molecule has 1 aromatic carbocycles. The van der Waals surface area contributed by atoms with E-state index >= 15 is 0 Å². The van der Waals surface area contributed by atoms with Gasteiger partial charge in [0.2, 0.25) is 0 Å². The van der Waals surface area contributed by atoms with E-state index in [-0.39, 0.29) is 25.7 Å². The van der Waals surface area contributed by atoms with Crippen molar-refractivity contribution in [3.8, 4) is 11.3 Å². The van der Waals surface area contributed by atoms with Crippen LogP contribution in [0.2, 0.25) is 0 Å². The number of carbonyl (C=O) groups is 2. The number of H-pyrrole nitrogens is 1. The van der Waals surface area contributed by atoms with Crippen molar-refractivity contribution in [2.24, 2.45) is 0 Å². The zero-order chi connectivity index (χ0) is 15.1. The number of carboxylic acids is 1. The molecule has 1 amide bonds. The van der Waals surface area contributed by atoms with Gasteiger partial charge in [0.15, 0.2) is 0 Å². The van der Waals surface area contributed by atoms with Crippen molar-refractivity contribution in [1.82, 2.24) is 15.5 Å². The average Bonchev–Trinajstić information content (AvgIpc) is 2.97. The molecular weight excluding hydrogens is 274 g/mol. The molecule has 2 aromatic rings. The van der Waals surface area contributed by atoms with E-state index < -0.39 is 5.97 Å². The third kappa shape index (κ3) is 4.15. The average molecular weight is 289 g/mol. The summed E-state index contributed by atoms with van der Waals surface area (Å²) < 4.78 is 4.84. The lowest BCUT2D eigenvalue weighted by atomic mass is 10.1. The summed E-state index contributed by atoms with van der Waals surface area (Å²) in [5.41, 5.74) is 1.93. The molecule has 110 valence electrons. The van der Waals surface area contributed by atoms with Crippen LogP contribution < -0.4 is 5.32 Å². The Bertz CT molecular complexity index is 610. The fraction of sp³-hybridized carbons (Fsp3) is 0.214. The molecule has 0 fully saturated rings. The second-order valence-electron chi connectivity index (χ2n) is 4.23. The Morgan fingerprint density at radius 1 is 1.29 bits per heavy atom. The molecule has 0 aliphatic heterocycles. The van der Waals surface area contributed by atoms with Crippen LogP contribution in [0.4, 0.5) is 0 Å². The number of aromatic amines is 1. The van der Waals surface area contributed by atoms with Gasteiger partial charge in [-0.1, -0.05) is 30.3 Å². The van der Waals surface area contributed by atoms with Crippen LogP contribution >= 0.6 is 0 Å². The monoisotopic (exact) mass is 289 g/mol. The molecule has 21 heavy (non-hydrogen) atoms. The zero-order valence-electron chi connectivity index (χ0n) is 11.2. The van der Waals surface area contributed by atoms with E-state index in [9.17, 15) is 9.59 Å². The highest BCUT2D eigenvalue weighted by Crippen LogP contribution is 2.20. The fourth-order valence-corrected chi connectivity index (χ4v) is 1.77. The lowest BCUT2D eigenvalue weighted by Crippen LogP contribution is -2.28. The maximum absolute atomic E-state index is 12.1. The number of benzene rings is 1. The van der Waals surface area contributed by atoms with E-state index in [2.05, 4.69) is 15.5 Å². The third-order valence-corrected chi connectivity index (χ3v) is 2.70. The first-order chi connectivity index (χ1) is 10.2. The predicted octanol–water partition coefficient (Wildman–Crippen LogP) is 0.908.